The second-order valence-corrected chi connectivity index (χ2v) is 7.81. The normalized spacial score (nSPS) is 25.5. The summed E-state index contributed by atoms with van der Waals surface area (Å²) in [6, 6.07) is 3.71. The molecule has 106 valence electrons. The molecule has 1 aromatic carbocycles. The summed E-state index contributed by atoms with van der Waals surface area (Å²) in [5, 5.41) is 9.97. The molecule has 7 heteroatoms. The highest BCUT2D eigenvalue weighted by atomic mass is 79.9. The molecule has 2 rings (SSSR count). The van der Waals surface area contributed by atoms with E-state index in [1.807, 2.05) is 0 Å². The zero-order chi connectivity index (χ0) is 14.3. The molecule has 0 bridgehead atoms. The fourth-order valence-corrected chi connectivity index (χ4v) is 4.02. The van der Waals surface area contributed by atoms with Gasteiger partial charge in [-0.2, -0.15) is 4.31 Å². The smallest absolute Gasteiger partial charge is 0.243 e. The van der Waals surface area contributed by atoms with Gasteiger partial charge >= 0.3 is 0 Å². The van der Waals surface area contributed by atoms with Crippen LogP contribution in [0.1, 0.15) is 19.8 Å². The first-order valence-electron chi connectivity index (χ1n) is 5.90. The van der Waals surface area contributed by atoms with Gasteiger partial charge in [0.2, 0.25) is 10.0 Å². The number of piperidine rings is 1. The number of rotatable bonds is 2. The lowest BCUT2D eigenvalue weighted by atomic mass is 9.97. The van der Waals surface area contributed by atoms with Crippen molar-refractivity contribution < 1.29 is 17.9 Å². The minimum atomic E-state index is -3.76. The molecule has 19 heavy (non-hydrogen) atoms. The van der Waals surface area contributed by atoms with Crippen molar-refractivity contribution in [3.05, 3.63) is 28.5 Å². The Hall–Kier alpha value is -0.500. The first-order chi connectivity index (χ1) is 8.72. The fourth-order valence-electron chi connectivity index (χ4n) is 2.17. The van der Waals surface area contributed by atoms with Crippen molar-refractivity contribution in [2.45, 2.75) is 30.3 Å². The van der Waals surface area contributed by atoms with Crippen LogP contribution >= 0.6 is 15.9 Å². The molecule has 1 unspecified atom stereocenters. The highest BCUT2D eigenvalue weighted by molar-refractivity contribution is 9.10. The number of halogens is 2. The molecule has 0 amide bonds. The Morgan fingerprint density at radius 2 is 2.16 bits per heavy atom. The molecular formula is C12H15BrFNO3S. The summed E-state index contributed by atoms with van der Waals surface area (Å²) in [5.41, 5.74) is -1.03. The van der Waals surface area contributed by atoms with E-state index in [0.717, 1.165) is 6.07 Å². The van der Waals surface area contributed by atoms with Gasteiger partial charge in [-0.25, -0.2) is 12.8 Å². The second-order valence-electron chi connectivity index (χ2n) is 5.02. The van der Waals surface area contributed by atoms with Gasteiger partial charge in [-0.1, -0.05) is 0 Å². The lowest BCUT2D eigenvalue weighted by Gasteiger charge is -2.35. The maximum Gasteiger partial charge on any atom is 0.243 e. The quantitative estimate of drug-likeness (QED) is 0.887. The van der Waals surface area contributed by atoms with Crippen LogP contribution in [0, 0.1) is 5.82 Å². The van der Waals surface area contributed by atoms with Gasteiger partial charge < -0.3 is 5.11 Å². The molecule has 1 saturated heterocycles. The number of β-amino-alcohol motifs (C(OH)–C–C–N with tert-alkyl or cyclic N) is 1. The van der Waals surface area contributed by atoms with E-state index in [0.29, 0.717) is 19.4 Å². The lowest BCUT2D eigenvalue weighted by Crippen LogP contribution is -2.48. The van der Waals surface area contributed by atoms with Crippen LogP contribution in [0.2, 0.25) is 0 Å². The maximum absolute atomic E-state index is 13.4. The van der Waals surface area contributed by atoms with E-state index < -0.39 is 21.4 Å². The molecule has 1 N–H and O–H groups in total. The average molecular weight is 352 g/mol. The molecule has 1 aromatic rings. The Bertz CT molecular complexity index is 589. The van der Waals surface area contributed by atoms with Gasteiger partial charge in [0, 0.05) is 13.1 Å². The molecular weight excluding hydrogens is 337 g/mol. The first kappa shape index (κ1) is 14.9. The van der Waals surface area contributed by atoms with Gasteiger partial charge in [0.15, 0.2) is 0 Å². The zero-order valence-corrected chi connectivity index (χ0v) is 12.8. The number of sulfonamides is 1. The molecule has 0 aliphatic carbocycles. The molecule has 1 fully saturated rings. The van der Waals surface area contributed by atoms with Gasteiger partial charge in [0.1, 0.15) is 5.82 Å². The summed E-state index contributed by atoms with van der Waals surface area (Å²) in [6.07, 6.45) is 1.15. The average Bonchev–Trinajstić information content (AvgIpc) is 2.31. The zero-order valence-electron chi connectivity index (χ0n) is 10.4. The van der Waals surface area contributed by atoms with E-state index in [-0.39, 0.29) is 15.9 Å². The Balaban J connectivity index is 2.34. The first-order valence-corrected chi connectivity index (χ1v) is 8.13. The Morgan fingerprint density at radius 3 is 2.74 bits per heavy atom. The van der Waals surface area contributed by atoms with Crippen molar-refractivity contribution >= 4 is 26.0 Å². The van der Waals surface area contributed by atoms with Crippen LogP contribution in [0.5, 0.6) is 0 Å². The van der Waals surface area contributed by atoms with Gasteiger partial charge in [-0.05, 0) is 53.9 Å². The van der Waals surface area contributed by atoms with E-state index in [1.165, 1.54) is 16.4 Å². The van der Waals surface area contributed by atoms with Crippen molar-refractivity contribution in [2.75, 3.05) is 13.1 Å². The highest BCUT2D eigenvalue weighted by Crippen LogP contribution is 2.27. The molecule has 0 saturated carbocycles. The van der Waals surface area contributed by atoms with Crippen molar-refractivity contribution in [1.82, 2.24) is 4.31 Å². The molecule has 0 spiro atoms. The van der Waals surface area contributed by atoms with E-state index >= 15 is 0 Å². The fraction of sp³-hybridized carbons (Fsp3) is 0.500. The molecule has 1 aliphatic heterocycles. The summed E-state index contributed by atoms with van der Waals surface area (Å²) in [5.74, 6) is -0.621. The minimum Gasteiger partial charge on any atom is -0.389 e. The van der Waals surface area contributed by atoms with Crippen molar-refractivity contribution in [2.24, 2.45) is 0 Å². The molecule has 0 aromatic heterocycles. The summed E-state index contributed by atoms with van der Waals surface area (Å²) >= 11 is 2.99. The van der Waals surface area contributed by atoms with Crippen LogP contribution in [-0.2, 0) is 10.0 Å². The predicted molar refractivity (Wildman–Crippen MR) is 72.7 cm³/mol. The third-order valence-corrected chi connectivity index (χ3v) is 5.65. The highest BCUT2D eigenvalue weighted by Gasteiger charge is 2.35. The van der Waals surface area contributed by atoms with Crippen LogP contribution < -0.4 is 0 Å². The second kappa shape index (κ2) is 5.12. The van der Waals surface area contributed by atoms with Crippen LogP contribution in [-0.4, -0.2) is 36.5 Å². The third kappa shape index (κ3) is 3.16. The van der Waals surface area contributed by atoms with Gasteiger partial charge in [-0.3, -0.25) is 0 Å². The summed E-state index contributed by atoms with van der Waals surface area (Å²) in [4.78, 5) is -0.0918. The number of nitrogens with zero attached hydrogens (tertiary/aromatic N) is 1. The van der Waals surface area contributed by atoms with Crippen LogP contribution in [0.3, 0.4) is 0 Å². The molecule has 1 heterocycles. The summed E-state index contributed by atoms with van der Waals surface area (Å²) in [7, 11) is -3.76. The molecule has 1 aliphatic rings. The third-order valence-electron chi connectivity index (χ3n) is 3.17. The topological polar surface area (TPSA) is 57.6 Å². The monoisotopic (exact) mass is 351 g/mol. The van der Waals surface area contributed by atoms with Crippen LogP contribution in [0.15, 0.2) is 27.6 Å². The van der Waals surface area contributed by atoms with Gasteiger partial charge in [-0.15, -0.1) is 0 Å². The van der Waals surface area contributed by atoms with Crippen molar-refractivity contribution in [3.63, 3.8) is 0 Å². The summed E-state index contributed by atoms with van der Waals surface area (Å²) in [6.45, 7) is 1.99. The summed E-state index contributed by atoms with van der Waals surface area (Å²) < 4.78 is 39.6. The number of benzene rings is 1. The van der Waals surface area contributed by atoms with Gasteiger partial charge in [0.05, 0.1) is 15.0 Å². The largest absolute Gasteiger partial charge is 0.389 e. The van der Waals surface area contributed by atoms with Crippen LogP contribution in [0.25, 0.3) is 0 Å². The van der Waals surface area contributed by atoms with E-state index in [1.54, 1.807) is 6.92 Å². The number of hydrogen-bond acceptors (Lipinski definition) is 3. The minimum absolute atomic E-state index is 0.0347. The predicted octanol–water partition coefficient (Wildman–Crippen LogP) is 2.12. The number of aliphatic hydroxyl groups is 1. The molecule has 0 radical (unpaired) electrons. The Kier molecular flexibility index (Phi) is 4.02. The standard InChI is InChI=1S/C12H15BrFNO3S/c1-12(16)5-2-6-15(8-12)19(17,18)9-3-4-10(13)11(14)7-9/h3-4,7,16H,2,5-6,8H2,1H3. The van der Waals surface area contributed by atoms with Crippen molar-refractivity contribution in [3.8, 4) is 0 Å². The van der Waals surface area contributed by atoms with E-state index in [4.69, 9.17) is 0 Å². The lowest BCUT2D eigenvalue weighted by molar-refractivity contribution is 0.00940. The molecule has 1 atom stereocenters. The SMILES string of the molecule is CC1(O)CCCN(S(=O)(=O)c2ccc(Br)c(F)c2)C1. The Labute approximate surface area is 120 Å². The van der Waals surface area contributed by atoms with Crippen LogP contribution in [0.4, 0.5) is 4.39 Å². The number of hydrogen-bond donors (Lipinski definition) is 1. The molecule has 4 nitrogen and oxygen atoms in total. The van der Waals surface area contributed by atoms with E-state index in [2.05, 4.69) is 15.9 Å². The maximum atomic E-state index is 13.4. The van der Waals surface area contributed by atoms with Crippen molar-refractivity contribution in [1.29, 1.82) is 0 Å². The van der Waals surface area contributed by atoms with Gasteiger partial charge in [0.25, 0.3) is 0 Å². The van der Waals surface area contributed by atoms with E-state index in [9.17, 15) is 17.9 Å². The Morgan fingerprint density at radius 1 is 1.47 bits per heavy atom.